The van der Waals surface area contributed by atoms with Crippen LogP contribution in [0.15, 0.2) is 60.9 Å². The summed E-state index contributed by atoms with van der Waals surface area (Å²) < 4.78 is 12.6. The molecule has 140 valence electrons. The van der Waals surface area contributed by atoms with Gasteiger partial charge >= 0.3 is 0 Å². The first-order valence-electron chi connectivity index (χ1n) is 8.84. The Morgan fingerprint density at radius 3 is 2.67 bits per heavy atom. The Morgan fingerprint density at radius 1 is 1.11 bits per heavy atom. The molecule has 3 aromatic rings. The minimum Gasteiger partial charge on any atom is -0.493 e. The molecule has 1 aromatic heterocycles. The molecule has 0 radical (unpaired) electrons. The maximum Gasteiger partial charge on any atom is 0.251 e. The molecule has 0 fully saturated rings. The monoisotopic (exact) mass is 365 g/mol. The van der Waals surface area contributed by atoms with Crippen molar-refractivity contribution >= 4 is 5.91 Å². The highest BCUT2D eigenvalue weighted by Gasteiger charge is 2.11. The van der Waals surface area contributed by atoms with Crippen molar-refractivity contribution in [3.63, 3.8) is 0 Å². The topological polar surface area (TPSA) is 65.4 Å². The number of rotatable bonds is 8. The molecule has 0 saturated heterocycles. The number of carbonyl (C=O) groups excluding carboxylic acids is 1. The van der Waals surface area contributed by atoms with E-state index >= 15 is 0 Å². The number of methoxy groups -OCH3 is 1. The molecule has 1 heterocycles. The number of carbonyl (C=O) groups is 1. The zero-order chi connectivity index (χ0) is 19.1. The van der Waals surface area contributed by atoms with Gasteiger partial charge in [0.05, 0.1) is 26.5 Å². The van der Waals surface area contributed by atoms with Gasteiger partial charge < -0.3 is 14.8 Å². The molecule has 1 amide bonds. The van der Waals surface area contributed by atoms with E-state index in [1.54, 1.807) is 31.5 Å². The maximum absolute atomic E-state index is 12.4. The van der Waals surface area contributed by atoms with Crippen LogP contribution in [0.4, 0.5) is 0 Å². The molecular weight excluding hydrogens is 342 g/mol. The molecule has 0 aliphatic rings. The zero-order valence-electron chi connectivity index (χ0n) is 15.5. The predicted molar refractivity (Wildman–Crippen MR) is 103 cm³/mol. The number of aromatic nitrogens is 2. The summed E-state index contributed by atoms with van der Waals surface area (Å²) >= 11 is 0. The van der Waals surface area contributed by atoms with Gasteiger partial charge in [-0.2, -0.15) is 5.10 Å². The first-order chi connectivity index (χ1) is 13.2. The summed E-state index contributed by atoms with van der Waals surface area (Å²) in [6, 6.07) is 15.3. The molecule has 0 aliphatic heterocycles. The minimum atomic E-state index is -0.172. The first-order valence-corrected chi connectivity index (χ1v) is 8.84. The molecule has 0 spiro atoms. The molecule has 0 unspecified atom stereocenters. The van der Waals surface area contributed by atoms with E-state index in [0.29, 0.717) is 36.8 Å². The van der Waals surface area contributed by atoms with Crippen molar-refractivity contribution in [2.45, 2.75) is 20.0 Å². The Labute approximate surface area is 158 Å². The largest absolute Gasteiger partial charge is 0.493 e. The van der Waals surface area contributed by atoms with Crippen LogP contribution in [0.3, 0.4) is 0 Å². The highest BCUT2D eigenvalue weighted by atomic mass is 16.5. The van der Waals surface area contributed by atoms with E-state index in [4.69, 9.17) is 9.47 Å². The highest BCUT2D eigenvalue weighted by Crippen LogP contribution is 2.28. The quantitative estimate of drug-likeness (QED) is 0.665. The molecule has 0 atom stereocenters. The van der Waals surface area contributed by atoms with Gasteiger partial charge in [-0.15, -0.1) is 0 Å². The van der Waals surface area contributed by atoms with Gasteiger partial charge in [-0.3, -0.25) is 9.48 Å². The van der Waals surface area contributed by atoms with Crippen molar-refractivity contribution in [3.8, 4) is 11.5 Å². The van der Waals surface area contributed by atoms with Crippen LogP contribution < -0.4 is 14.8 Å². The highest BCUT2D eigenvalue weighted by molar-refractivity contribution is 5.94. The van der Waals surface area contributed by atoms with Gasteiger partial charge in [-0.1, -0.05) is 30.3 Å². The van der Waals surface area contributed by atoms with Crippen LogP contribution in [-0.4, -0.2) is 29.4 Å². The van der Waals surface area contributed by atoms with E-state index in [2.05, 4.69) is 22.5 Å². The van der Waals surface area contributed by atoms with Gasteiger partial charge in [-0.05, 0) is 30.7 Å². The summed E-state index contributed by atoms with van der Waals surface area (Å²) in [5.41, 5.74) is 2.65. The fourth-order valence-electron chi connectivity index (χ4n) is 2.73. The summed E-state index contributed by atoms with van der Waals surface area (Å²) in [5.74, 6) is 0.994. The third kappa shape index (κ3) is 4.88. The summed E-state index contributed by atoms with van der Waals surface area (Å²) in [6.07, 6.45) is 3.70. The summed E-state index contributed by atoms with van der Waals surface area (Å²) in [6.45, 7) is 3.50. The van der Waals surface area contributed by atoms with Crippen molar-refractivity contribution in [1.29, 1.82) is 0 Å². The zero-order valence-corrected chi connectivity index (χ0v) is 15.5. The normalized spacial score (nSPS) is 10.4. The van der Waals surface area contributed by atoms with Crippen molar-refractivity contribution in [3.05, 3.63) is 77.6 Å². The van der Waals surface area contributed by atoms with Gasteiger partial charge in [0.2, 0.25) is 0 Å². The van der Waals surface area contributed by atoms with Gasteiger partial charge in [-0.25, -0.2) is 0 Å². The minimum absolute atomic E-state index is 0.172. The van der Waals surface area contributed by atoms with E-state index < -0.39 is 0 Å². The number of benzene rings is 2. The Kier molecular flexibility index (Phi) is 6.10. The Balaban J connectivity index is 1.60. The lowest BCUT2D eigenvalue weighted by Gasteiger charge is -2.11. The van der Waals surface area contributed by atoms with Crippen LogP contribution in [0, 0.1) is 0 Å². The number of nitrogens with zero attached hydrogens (tertiary/aromatic N) is 2. The lowest BCUT2D eigenvalue weighted by atomic mass is 10.2. The molecule has 3 rings (SSSR count). The molecule has 27 heavy (non-hydrogen) atoms. The van der Waals surface area contributed by atoms with Crippen molar-refractivity contribution in [1.82, 2.24) is 15.1 Å². The molecule has 1 N–H and O–H groups in total. The number of ether oxygens (including phenoxy) is 2. The molecule has 2 aromatic carbocycles. The Bertz CT molecular complexity index is 891. The molecule has 0 bridgehead atoms. The van der Waals surface area contributed by atoms with Gasteiger partial charge in [0.25, 0.3) is 5.91 Å². The fourth-order valence-corrected chi connectivity index (χ4v) is 2.73. The number of nitrogens with one attached hydrogen (secondary N) is 1. The second kappa shape index (κ2) is 8.89. The predicted octanol–water partition coefficient (Wildman–Crippen LogP) is 3.27. The van der Waals surface area contributed by atoms with E-state index in [9.17, 15) is 4.79 Å². The first kappa shape index (κ1) is 18.5. The van der Waals surface area contributed by atoms with Gasteiger partial charge in [0, 0.05) is 23.9 Å². The van der Waals surface area contributed by atoms with E-state index in [0.717, 1.165) is 5.56 Å². The van der Waals surface area contributed by atoms with Crippen LogP contribution in [-0.2, 0) is 13.1 Å². The lowest BCUT2D eigenvalue weighted by molar-refractivity contribution is 0.0950. The summed E-state index contributed by atoms with van der Waals surface area (Å²) in [7, 11) is 1.57. The van der Waals surface area contributed by atoms with Crippen LogP contribution in [0.5, 0.6) is 11.5 Å². The second-order valence-corrected chi connectivity index (χ2v) is 6.01. The van der Waals surface area contributed by atoms with Crippen molar-refractivity contribution < 1.29 is 14.3 Å². The van der Waals surface area contributed by atoms with Crippen LogP contribution in [0.2, 0.25) is 0 Å². The number of hydrogen-bond acceptors (Lipinski definition) is 4. The van der Waals surface area contributed by atoms with E-state index in [1.165, 1.54) is 5.56 Å². The molecule has 6 nitrogen and oxygen atoms in total. The standard InChI is InChI=1S/C21H23N3O3/c1-3-27-20-11-18(9-10-19(20)26-2)21(25)22-12-17-13-23-24(15-17)14-16-7-5-4-6-8-16/h4-11,13,15H,3,12,14H2,1-2H3,(H,22,25). The fraction of sp³-hybridized carbons (Fsp3) is 0.238. The maximum atomic E-state index is 12.4. The molecule has 0 saturated carbocycles. The van der Waals surface area contributed by atoms with Crippen molar-refractivity contribution in [2.24, 2.45) is 0 Å². The van der Waals surface area contributed by atoms with Crippen LogP contribution in [0.25, 0.3) is 0 Å². The summed E-state index contributed by atoms with van der Waals surface area (Å²) in [5, 5.41) is 7.26. The molecule has 6 heteroatoms. The Morgan fingerprint density at radius 2 is 1.93 bits per heavy atom. The van der Waals surface area contributed by atoms with Gasteiger partial charge in [0.15, 0.2) is 11.5 Å². The lowest BCUT2D eigenvalue weighted by Crippen LogP contribution is -2.22. The molecule has 0 aliphatic carbocycles. The number of amides is 1. The average molecular weight is 365 g/mol. The van der Waals surface area contributed by atoms with Gasteiger partial charge in [0.1, 0.15) is 0 Å². The smallest absolute Gasteiger partial charge is 0.251 e. The summed E-state index contributed by atoms with van der Waals surface area (Å²) in [4.78, 5) is 12.4. The molecular formula is C21H23N3O3. The third-order valence-electron chi connectivity index (χ3n) is 4.05. The average Bonchev–Trinajstić information content (AvgIpc) is 3.14. The number of hydrogen-bond donors (Lipinski definition) is 1. The SMILES string of the molecule is CCOc1cc(C(=O)NCc2cnn(Cc3ccccc3)c2)ccc1OC. The van der Waals surface area contributed by atoms with Crippen LogP contribution >= 0.6 is 0 Å². The van der Waals surface area contributed by atoms with Crippen LogP contribution in [0.1, 0.15) is 28.4 Å². The third-order valence-corrected chi connectivity index (χ3v) is 4.05. The van der Waals surface area contributed by atoms with E-state index in [-0.39, 0.29) is 5.91 Å². The van der Waals surface area contributed by atoms with E-state index in [1.807, 2.05) is 36.0 Å². The Hall–Kier alpha value is -3.28. The van der Waals surface area contributed by atoms with Crippen molar-refractivity contribution in [2.75, 3.05) is 13.7 Å². The second-order valence-electron chi connectivity index (χ2n) is 6.01.